The van der Waals surface area contributed by atoms with E-state index in [1.54, 1.807) is 6.92 Å². The van der Waals surface area contributed by atoms with Crippen LogP contribution in [0.2, 0.25) is 0 Å². The van der Waals surface area contributed by atoms with Gasteiger partial charge < -0.3 is 9.47 Å². The molecule has 1 aliphatic rings. The molecule has 1 N–H and O–H groups in total. The van der Waals surface area contributed by atoms with Crippen molar-refractivity contribution in [3.8, 4) is 0 Å². The Morgan fingerprint density at radius 2 is 2.35 bits per heavy atom. The van der Waals surface area contributed by atoms with Crippen LogP contribution in [0, 0.1) is 6.92 Å². The number of anilines is 1. The minimum atomic E-state index is -0.338. The molecule has 2 aromatic rings. The monoisotopic (exact) mass is 337 g/mol. The van der Waals surface area contributed by atoms with Gasteiger partial charge in [-0.15, -0.1) is 11.3 Å². The van der Waals surface area contributed by atoms with Gasteiger partial charge in [0.25, 0.3) is 0 Å². The number of hydrogen-bond donors (Lipinski definition) is 1. The van der Waals surface area contributed by atoms with E-state index in [1.807, 2.05) is 6.92 Å². The molecule has 0 unspecified atom stereocenters. The number of nitrogens with one attached hydrogen (secondary N) is 1. The van der Waals surface area contributed by atoms with E-state index in [1.165, 1.54) is 17.7 Å². The zero-order valence-electron chi connectivity index (χ0n) is 13.1. The number of nitrogens with zero attached hydrogens (tertiary/aromatic N) is 2. The zero-order valence-corrected chi connectivity index (χ0v) is 13.9. The summed E-state index contributed by atoms with van der Waals surface area (Å²) in [4.78, 5) is 27.3. The van der Waals surface area contributed by atoms with Gasteiger partial charge in [0.05, 0.1) is 12.0 Å². The molecular weight excluding hydrogens is 318 g/mol. The molecule has 1 saturated heterocycles. The van der Waals surface area contributed by atoms with E-state index in [4.69, 9.17) is 14.3 Å². The molecule has 7 nitrogen and oxygen atoms in total. The number of aryl methyl sites for hydroxylation is 1. The molecule has 0 amide bonds. The Morgan fingerprint density at radius 3 is 3.09 bits per heavy atom. The third kappa shape index (κ3) is 3.44. The molecule has 3 rings (SSSR count). The van der Waals surface area contributed by atoms with Crippen LogP contribution >= 0.6 is 11.3 Å². The lowest BCUT2D eigenvalue weighted by molar-refractivity contribution is -0.145. The predicted molar refractivity (Wildman–Crippen MR) is 86.4 cm³/mol. The Labute approximate surface area is 137 Å². The van der Waals surface area contributed by atoms with Crippen molar-refractivity contribution in [1.82, 2.24) is 9.97 Å². The second-order valence-electron chi connectivity index (χ2n) is 5.20. The molecule has 0 radical (unpaired) electrons. The Bertz CT molecular complexity index is 697. The number of thiophene rings is 1. The molecule has 2 aromatic heterocycles. The Morgan fingerprint density at radius 1 is 1.48 bits per heavy atom. The summed E-state index contributed by atoms with van der Waals surface area (Å²) < 4.78 is 10.6. The number of carbonyl (C=O) groups is 1. The van der Waals surface area contributed by atoms with E-state index in [2.05, 4.69) is 15.4 Å². The summed E-state index contributed by atoms with van der Waals surface area (Å²) in [7, 11) is 0. The normalized spacial score (nSPS) is 18.1. The van der Waals surface area contributed by atoms with Crippen molar-refractivity contribution in [2.45, 2.75) is 39.4 Å². The molecule has 1 fully saturated rings. The van der Waals surface area contributed by atoms with Crippen LogP contribution in [0.3, 0.4) is 0 Å². The smallest absolute Gasteiger partial charge is 0.348 e. The van der Waals surface area contributed by atoms with Crippen molar-refractivity contribution in [2.75, 3.05) is 18.7 Å². The molecule has 3 heterocycles. The van der Waals surface area contributed by atoms with Crippen molar-refractivity contribution in [3.05, 3.63) is 16.8 Å². The van der Waals surface area contributed by atoms with Gasteiger partial charge in [-0.25, -0.2) is 25.1 Å². The lowest BCUT2D eigenvalue weighted by Gasteiger charge is -2.22. The third-order valence-corrected chi connectivity index (χ3v) is 4.79. The summed E-state index contributed by atoms with van der Waals surface area (Å²) in [5.41, 5.74) is 3.65. The summed E-state index contributed by atoms with van der Waals surface area (Å²) >= 11 is 1.30. The highest BCUT2D eigenvalue weighted by atomic mass is 32.1. The summed E-state index contributed by atoms with van der Waals surface area (Å²) in [6, 6.07) is 0. The van der Waals surface area contributed by atoms with Crippen molar-refractivity contribution in [3.63, 3.8) is 0 Å². The lowest BCUT2D eigenvalue weighted by Crippen LogP contribution is -2.25. The van der Waals surface area contributed by atoms with Gasteiger partial charge in [-0.1, -0.05) is 0 Å². The van der Waals surface area contributed by atoms with E-state index >= 15 is 0 Å². The number of aromatic nitrogens is 2. The van der Waals surface area contributed by atoms with Crippen molar-refractivity contribution in [1.29, 1.82) is 0 Å². The fraction of sp³-hybridized carbons (Fsp3) is 0.533. The summed E-state index contributed by atoms with van der Waals surface area (Å²) in [6.07, 6.45) is 4.15. The van der Waals surface area contributed by atoms with Crippen LogP contribution in [0.4, 0.5) is 5.82 Å². The topological polar surface area (TPSA) is 82.6 Å². The number of ether oxygens (including phenoxy) is 2. The van der Waals surface area contributed by atoms with Gasteiger partial charge in [0, 0.05) is 13.0 Å². The molecule has 0 saturated carbocycles. The average Bonchev–Trinajstić information content (AvgIpc) is 2.92. The molecule has 0 aromatic carbocycles. The van der Waals surface area contributed by atoms with E-state index in [0.717, 1.165) is 35.0 Å². The van der Waals surface area contributed by atoms with E-state index in [0.29, 0.717) is 23.9 Å². The minimum absolute atomic E-state index is 0.280. The first-order valence-corrected chi connectivity index (χ1v) is 8.46. The molecule has 1 aliphatic heterocycles. The molecule has 1 atom stereocenters. The average molecular weight is 337 g/mol. The van der Waals surface area contributed by atoms with Gasteiger partial charge in [-0.3, -0.25) is 0 Å². The van der Waals surface area contributed by atoms with Crippen molar-refractivity contribution in [2.24, 2.45) is 0 Å². The summed E-state index contributed by atoms with van der Waals surface area (Å²) in [5, 5.41) is 0.774. The molecule has 0 aliphatic carbocycles. The van der Waals surface area contributed by atoms with Gasteiger partial charge in [-0.05, 0) is 32.3 Å². The summed E-state index contributed by atoms with van der Waals surface area (Å²) in [5.74, 6) is 0.198. The van der Waals surface area contributed by atoms with E-state index in [-0.39, 0.29) is 12.3 Å². The van der Waals surface area contributed by atoms with Crippen LogP contribution < -0.4 is 5.48 Å². The zero-order chi connectivity index (χ0) is 16.2. The second kappa shape index (κ2) is 7.20. The van der Waals surface area contributed by atoms with Crippen LogP contribution in [0.5, 0.6) is 0 Å². The Hall–Kier alpha value is -1.77. The van der Waals surface area contributed by atoms with Crippen molar-refractivity contribution >= 4 is 33.3 Å². The predicted octanol–water partition coefficient (Wildman–Crippen LogP) is 3.05. The maximum absolute atomic E-state index is 12.0. The highest BCUT2D eigenvalue weighted by Crippen LogP contribution is 2.33. The van der Waals surface area contributed by atoms with Gasteiger partial charge in [0.2, 0.25) is 0 Å². The quantitative estimate of drug-likeness (QED) is 0.663. The molecule has 0 bridgehead atoms. The Kier molecular flexibility index (Phi) is 5.04. The molecule has 0 spiro atoms. The minimum Gasteiger partial charge on any atom is -0.462 e. The first-order valence-electron chi connectivity index (χ1n) is 7.65. The fourth-order valence-corrected chi connectivity index (χ4v) is 3.51. The van der Waals surface area contributed by atoms with Crippen LogP contribution in [-0.4, -0.2) is 35.4 Å². The molecule has 8 heteroatoms. The van der Waals surface area contributed by atoms with E-state index < -0.39 is 0 Å². The molecular formula is C15H19N3O4S. The maximum Gasteiger partial charge on any atom is 0.348 e. The number of esters is 1. The van der Waals surface area contributed by atoms with Crippen molar-refractivity contribution < 1.29 is 19.1 Å². The van der Waals surface area contributed by atoms with Gasteiger partial charge >= 0.3 is 5.97 Å². The number of rotatable bonds is 5. The summed E-state index contributed by atoms with van der Waals surface area (Å²) in [6.45, 7) is 4.68. The number of hydrogen-bond acceptors (Lipinski definition) is 8. The highest BCUT2D eigenvalue weighted by molar-refractivity contribution is 7.20. The third-order valence-electron chi connectivity index (χ3n) is 3.61. The fourth-order valence-electron chi connectivity index (χ4n) is 2.47. The van der Waals surface area contributed by atoms with E-state index in [9.17, 15) is 4.79 Å². The standard InChI is InChI=1S/C15H19N3O4S/c1-3-20-15(19)12-9(2)11-13(16-8-17-14(11)23-12)18-22-10-6-4-5-7-21-10/h8,10H,3-7H2,1-2H3,(H,16,17,18)/t10-/m0/s1. The number of fused-ring (bicyclic) bond motifs is 1. The van der Waals surface area contributed by atoms with Crippen LogP contribution in [0.1, 0.15) is 41.4 Å². The van der Waals surface area contributed by atoms with Gasteiger partial charge in [0.1, 0.15) is 16.0 Å². The van der Waals surface area contributed by atoms with Crippen LogP contribution in [0.25, 0.3) is 10.2 Å². The maximum atomic E-state index is 12.0. The SMILES string of the molecule is CCOC(=O)c1sc2ncnc(NO[C@H]3CCCCO3)c2c1C. The Balaban J connectivity index is 1.84. The largest absolute Gasteiger partial charge is 0.462 e. The van der Waals surface area contributed by atoms with Crippen LogP contribution in [-0.2, 0) is 14.3 Å². The van der Waals surface area contributed by atoms with Gasteiger partial charge in [0.15, 0.2) is 12.1 Å². The lowest BCUT2D eigenvalue weighted by atomic mass is 10.2. The first kappa shape index (κ1) is 16.1. The molecule has 124 valence electrons. The number of carbonyl (C=O) groups excluding carboxylic acids is 1. The first-order chi connectivity index (χ1) is 11.2. The van der Waals surface area contributed by atoms with Gasteiger partial charge in [-0.2, -0.15) is 0 Å². The van der Waals surface area contributed by atoms with Crippen LogP contribution in [0.15, 0.2) is 6.33 Å². The second-order valence-corrected chi connectivity index (χ2v) is 6.19. The molecule has 23 heavy (non-hydrogen) atoms. The highest BCUT2D eigenvalue weighted by Gasteiger charge is 2.21.